The second-order valence-corrected chi connectivity index (χ2v) is 7.17. The number of thiophene rings is 1. The van der Waals surface area contributed by atoms with Crippen LogP contribution in [0.3, 0.4) is 0 Å². The van der Waals surface area contributed by atoms with Crippen LogP contribution in [0.15, 0.2) is 41.8 Å². The van der Waals surface area contributed by atoms with Gasteiger partial charge in [0, 0.05) is 11.1 Å². The van der Waals surface area contributed by atoms with E-state index in [1.807, 2.05) is 20.8 Å². The van der Waals surface area contributed by atoms with Gasteiger partial charge < -0.3 is 10.1 Å². The van der Waals surface area contributed by atoms with E-state index in [-0.39, 0.29) is 16.9 Å². The first kappa shape index (κ1) is 17.9. The maximum absolute atomic E-state index is 12.5. The van der Waals surface area contributed by atoms with Crippen LogP contribution in [0.5, 0.6) is 0 Å². The van der Waals surface area contributed by atoms with Gasteiger partial charge >= 0.3 is 5.97 Å². The molecule has 1 aromatic heterocycles. The smallest absolute Gasteiger partial charge is 0.339 e. The van der Waals surface area contributed by atoms with E-state index in [1.54, 1.807) is 35.7 Å². The van der Waals surface area contributed by atoms with E-state index >= 15 is 0 Å². The highest BCUT2D eigenvalue weighted by atomic mass is 32.1. The van der Waals surface area contributed by atoms with E-state index < -0.39 is 24.0 Å². The lowest BCUT2D eigenvalue weighted by atomic mass is 10.0. The summed E-state index contributed by atoms with van der Waals surface area (Å²) in [5.41, 5.74) is 0.0110. The number of esters is 1. The number of carbonyl (C=O) groups excluding carboxylic acids is 3. The Hall–Kier alpha value is -2.47. The van der Waals surface area contributed by atoms with Crippen molar-refractivity contribution in [1.29, 1.82) is 0 Å². The van der Waals surface area contributed by atoms with Crippen molar-refractivity contribution in [3.8, 4) is 0 Å². The van der Waals surface area contributed by atoms with Gasteiger partial charge in [0.1, 0.15) is 0 Å². The average Bonchev–Trinajstić information content (AvgIpc) is 3.04. The van der Waals surface area contributed by atoms with E-state index in [4.69, 9.17) is 4.74 Å². The van der Waals surface area contributed by atoms with E-state index in [1.165, 1.54) is 17.4 Å². The maximum Gasteiger partial charge on any atom is 0.339 e. The summed E-state index contributed by atoms with van der Waals surface area (Å²) in [6.45, 7) is 5.11. The number of ether oxygens (including phenoxy) is 1. The number of benzene rings is 1. The molecule has 0 saturated heterocycles. The molecule has 0 fully saturated rings. The molecular weight excluding hydrogens is 326 g/mol. The molecule has 0 aliphatic rings. The Morgan fingerprint density at radius 3 is 2.29 bits per heavy atom. The van der Waals surface area contributed by atoms with Crippen molar-refractivity contribution in [2.45, 2.75) is 26.3 Å². The number of amides is 1. The lowest BCUT2D eigenvalue weighted by molar-refractivity contribution is -0.125. The Bertz CT molecular complexity index is 745. The summed E-state index contributed by atoms with van der Waals surface area (Å²) in [5, 5.41) is 4.50. The zero-order valence-corrected chi connectivity index (χ0v) is 14.6. The summed E-state index contributed by atoms with van der Waals surface area (Å²) >= 11 is 1.31. The molecule has 1 N–H and O–H groups in total. The number of hydrogen-bond donors (Lipinski definition) is 1. The Labute approximate surface area is 144 Å². The number of carbonyl (C=O) groups is 3. The first-order valence-corrected chi connectivity index (χ1v) is 8.31. The normalized spacial score (nSPS) is 11.0. The van der Waals surface area contributed by atoms with Gasteiger partial charge in [-0.25, -0.2) is 4.79 Å². The van der Waals surface area contributed by atoms with E-state index in [9.17, 15) is 14.4 Å². The van der Waals surface area contributed by atoms with Crippen molar-refractivity contribution in [2.75, 3.05) is 6.61 Å². The quantitative estimate of drug-likeness (QED) is 0.668. The standard InChI is InChI=1S/C18H19NO4S/c1-18(2,3)19-15(20)11-23-17(22)13-8-5-4-7-12(13)16(21)14-9-6-10-24-14/h4-10H,11H2,1-3H3,(H,19,20). The summed E-state index contributed by atoms with van der Waals surface area (Å²) in [5.74, 6) is -1.32. The van der Waals surface area contributed by atoms with E-state index in [0.29, 0.717) is 4.88 Å². The van der Waals surface area contributed by atoms with Gasteiger partial charge in [0.05, 0.1) is 10.4 Å². The van der Waals surface area contributed by atoms with Crippen LogP contribution in [-0.4, -0.2) is 29.8 Å². The molecule has 0 bridgehead atoms. The van der Waals surface area contributed by atoms with Crippen molar-refractivity contribution >= 4 is 29.0 Å². The average molecular weight is 345 g/mol. The van der Waals surface area contributed by atoms with Gasteiger partial charge in [0.15, 0.2) is 6.61 Å². The summed E-state index contributed by atoms with van der Waals surface area (Å²) in [6, 6.07) is 9.90. The number of rotatable bonds is 5. The van der Waals surface area contributed by atoms with Gasteiger partial charge in [-0.05, 0) is 38.3 Å². The minimum atomic E-state index is -0.695. The fraction of sp³-hybridized carbons (Fsp3) is 0.278. The zero-order chi connectivity index (χ0) is 17.7. The van der Waals surface area contributed by atoms with Gasteiger partial charge in [-0.1, -0.05) is 24.3 Å². The van der Waals surface area contributed by atoms with Crippen molar-refractivity contribution in [3.05, 3.63) is 57.8 Å². The first-order chi connectivity index (χ1) is 11.3. The molecule has 126 valence electrons. The van der Waals surface area contributed by atoms with Crippen molar-refractivity contribution in [1.82, 2.24) is 5.32 Å². The maximum atomic E-state index is 12.5. The molecule has 2 aromatic rings. The Morgan fingerprint density at radius 2 is 1.71 bits per heavy atom. The van der Waals surface area contributed by atoms with E-state index in [0.717, 1.165) is 0 Å². The summed E-state index contributed by atoms with van der Waals surface area (Å²) < 4.78 is 5.04. The minimum Gasteiger partial charge on any atom is -0.452 e. The number of hydrogen-bond acceptors (Lipinski definition) is 5. The van der Waals surface area contributed by atoms with Crippen LogP contribution in [0, 0.1) is 0 Å². The van der Waals surface area contributed by atoms with Crippen molar-refractivity contribution < 1.29 is 19.1 Å². The zero-order valence-electron chi connectivity index (χ0n) is 13.8. The molecule has 0 unspecified atom stereocenters. The molecule has 0 spiro atoms. The van der Waals surface area contributed by atoms with Crippen LogP contribution < -0.4 is 5.32 Å². The van der Waals surface area contributed by atoms with Gasteiger partial charge in [0.25, 0.3) is 5.91 Å². The number of nitrogens with one attached hydrogen (secondary N) is 1. The second-order valence-electron chi connectivity index (χ2n) is 6.23. The molecule has 6 heteroatoms. The Balaban J connectivity index is 2.10. The lowest BCUT2D eigenvalue weighted by Gasteiger charge is -2.20. The molecule has 5 nitrogen and oxygen atoms in total. The second kappa shape index (κ2) is 7.40. The molecular formula is C18H19NO4S. The third-order valence-electron chi connectivity index (χ3n) is 2.99. The summed E-state index contributed by atoms with van der Waals surface area (Å²) in [4.78, 5) is 37.0. The molecule has 1 heterocycles. The molecule has 2 rings (SSSR count). The Kier molecular flexibility index (Phi) is 5.51. The molecule has 1 aromatic carbocycles. The van der Waals surface area contributed by atoms with Crippen LogP contribution in [0.25, 0.3) is 0 Å². The van der Waals surface area contributed by atoms with Crippen LogP contribution in [0.2, 0.25) is 0 Å². The molecule has 0 atom stereocenters. The first-order valence-electron chi connectivity index (χ1n) is 7.43. The molecule has 0 aliphatic carbocycles. The van der Waals surface area contributed by atoms with Gasteiger partial charge in [-0.2, -0.15) is 0 Å². The fourth-order valence-corrected chi connectivity index (χ4v) is 2.74. The molecule has 24 heavy (non-hydrogen) atoms. The lowest BCUT2D eigenvalue weighted by Crippen LogP contribution is -2.42. The van der Waals surface area contributed by atoms with Crippen LogP contribution in [-0.2, 0) is 9.53 Å². The van der Waals surface area contributed by atoms with Crippen LogP contribution >= 0.6 is 11.3 Å². The predicted molar refractivity (Wildman–Crippen MR) is 92.4 cm³/mol. The highest BCUT2D eigenvalue weighted by Crippen LogP contribution is 2.19. The van der Waals surface area contributed by atoms with Gasteiger partial charge in [0.2, 0.25) is 5.78 Å². The highest BCUT2D eigenvalue weighted by molar-refractivity contribution is 7.12. The van der Waals surface area contributed by atoms with Crippen molar-refractivity contribution in [3.63, 3.8) is 0 Å². The predicted octanol–water partition coefficient (Wildman–Crippen LogP) is 3.05. The van der Waals surface area contributed by atoms with Gasteiger partial charge in [-0.3, -0.25) is 9.59 Å². The van der Waals surface area contributed by atoms with E-state index in [2.05, 4.69) is 5.32 Å². The number of ketones is 1. The van der Waals surface area contributed by atoms with Crippen LogP contribution in [0.1, 0.15) is 46.4 Å². The molecule has 0 saturated carbocycles. The molecule has 0 radical (unpaired) electrons. The third-order valence-corrected chi connectivity index (χ3v) is 3.85. The third kappa shape index (κ3) is 4.76. The van der Waals surface area contributed by atoms with Crippen molar-refractivity contribution in [2.24, 2.45) is 0 Å². The van der Waals surface area contributed by atoms with Crippen LogP contribution in [0.4, 0.5) is 0 Å². The molecule has 0 aliphatic heterocycles. The molecule has 1 amide bonds. The minimum absolute atomic E-state index is 0.152. The van der Waals surface area contributed by atoms with Gasteiger partial charge in [-0.15, -0.1) is 11.3 Å². The monoisotopic (exact) mass is 345 g/mol. The summed E-state index contributed by atoms with van der Waals surface area (Å²) in [6.07, 6.45) is 0. The SMILES string of the molecule is CC(C)(C)NC(=O)COC(=O)c1ccccc1C(=O)c1cccs1. The largest absolute Gasteiger partial charge is 0.452 e. The summed E-state index contributed by atoms with van der Waals surface area (Å²) in [7, 11) is 0. The topological polar surface area (TPSA) is 72.5 Å². The Morgan fingerprint density at radius 1 is 1.04 bits per heavy atom. The highest BCUT2D eigenvalue weighted by Gasteiger charge is 2.21. The fourth-order valence-electron chi connectivity index (χ4n) is 2.06.